The minimum absolute atomic E-state index is 0.474. The van der Waals surface area contributed by atoms with Crippen molar-refractivity contribution in [3.63, 3.8) is 0 Å². The van der Waals surface area contributed by atoms with Crippen molar-refractivity contribution in [2.24, 2.45) is 0 Å². The van der Waals surface area contributed by atoms with E-state index in [4.69, 9.17) is 14.7 Å². The smallest absolute Gasteiger partial charge is 0.129 e. The van der Waals surface area contributed by atoms with Crippen LogP contribution in [0.1, 0.15) is 11.1 Å². The summed E-state index contributed by atoms with van der Waals surface area (Å²) in [5, 5.41) is 9.16. The van der Waals surface area contributed by atoms with Crippen LogP contribution in [0.25, 0.3) is 0 Å². The van der Waals surface area contributed by atoms with E-state index in [0.717, 1.165) is 5.56 Å². The summed E-state index contributed by atoms with van der Waals surface area (Å²) in [7, 11) is 0.191. The molecule has 0 fully saturated rings. The molecular weight excluding hydrogens is 254 g/mol. The SMILES string of the molecule is COCCOc1ccc(C#C[Si](C)(C)C)c(C#N)c1. The number of hydrogen-bond acceptors (Lipinski definition) is 3. The zero-order chi connectivity index (χ0) is 14.3. The van der Waals surface area contributed by atoms with Crippen LogP contribution in [-0.4, -0.2) is 28.4 Å². The minimum atomic E-state index is -1.43. The van der Waals surface area contributed by atoms with Gasteiger partial charge in [-0.3, -0.25) is 0 Å². The van der Waals surface area contributed by atoms with Crippen molar-refractivity contribution in [3.05, 3.63) is 29.3 Å². The third-order valence-electron chi connectivity index (χ3n) is 2.24. The molecule has 0 saturated heterocycles. The number of nitriles is 1. The fourth-order valence-corrected chi connectivity index (χ4v) is 1.82. The van der Waals surface area contributed by atoms with Gasteiger partial charge in [-0.1, -0.05) is 25.6 Å². The van der Waals surface area contributed by atoms with E-state index < -0.39 is 8.07 Å². The molecule has 0 unspecified atom stereocenters. The first-order valence-corrected chi connectivity index (χ1v) is 9.65. The van der Waals surface area contributed by atoms with Gasteiger partial charge in [0.1, 0.15) is 26.5 Å². The van der Waals surface area contributed by atoms with Gasteiger partial charge in [0.25, 0.3) is 0 Å². The second kappa shape index (κ2) is 6.99. The molecule has 3 nitrogen and oxygen atoms in total. The highest BCUT2D eigenvalue weighted by atomic mass is 28.3. The summed E-state index contributed by atoms with van der Waals surface area (Å²) in [5.41, 5.74) is 4.59. The van der Waals surface area contributed by atoms with E-state index in [1.165, 1.54) is 0 Å². The number of methoxy groups -OCH3 is 1. The van der Waals surface area contributed by atoms with Crippen molar-refractivity contribution in [1.82, 2.24) is 0 Å². The molecule has 0 radical (unpaired) electrons. The average molecular weight is 273 g/mol. The highest BCUT2D eigenvalue weighted by Crippen LogP contribution is 2.17. The molecule has 1 aromatic carbocycles. The number of rotatable bonds is 4. The number of ether oxygens (including phenoxy) is 2. The molecule has 0 atom stereocenters. The summed E-state index contributed by atoms with van der Waals surface area (Å²) in [5.74, 6) is 3.78. The molecule has 0 saturated carbocycles. The van der Waals surface area contributed by atoms with Gasteiger partial charge in [-0.25, -0.2) is 0 Å². The van der Waals surface area contributed by atoms with Crippen molar-refractivity contribution in [2.75, 3.05) is 20.3 Å². The number of benzene rings is 1. The van der Waals surface area contributed by atoms with Crippen LogP contribution in [-0.2, 0) is 4.74 Å². The van der Waals surface area contributed by atoms with Gasteiger partial charge in [0, 0.05) is 12.7 Å². The van der Waals surface area contributed by atoms with Gasteiger partial charge in [-0.2, -0.15) is 5.26 Å². The van der Waals surface area contributed by atoms with Crippen molar-refractivity contribution < 1.29 is 9.47 Å². The van der Waals surface area contributed by atoms with Crippen molar-refractivity contribution >= 4 is 8.07 Å². The first-order valence-electron chi connectivity index (χ1n) is 6.15. The van der Waals surface area contributed by atoms with Gasteiger partial charge in [-0.05, 0) is 18.2 Å². The molecule has 0 amide bonds. The molecule has 0 aliphatic heterocycles. The predicted molar refractivity (Wildman–Crippen MR) is 78.8 cm³/mol. The number of hydrogen-bond donors (Lipinski definition) is 0. The maximum absolute atomic E-state index is 9.16. The van der Waals surface area contributed by atoms with Crippen molar-refractivity contribution in [2.45, 2.75) is 19.6 Å². The van der Waals surface area contributed by atoms with Gasteiger partial charge in [0.15, 0.2) is 0 Å². The maximum Gasteiger partial charge on any atom is 0.129 e. The Morgan fingerprint density at radius 1 is 1.16 bits per heavy atom. The third-order valence-corrected chi connectivity index (χ3v) is 3.11. The standard InChI is InChI=1S/C15H19NO2Si/c1-17-8-9-18-15-6-5-13(14(11-15)12-16)7-10-19(2,3)4/h5-6,11H,8-9H2,1-4H3. The Morgan fingerprint density at radius 2 is 1.89 bits per heavy atom. The van der Waals surface area contributed by atoms with Gasteiger partial charge >= 0.3 is 0 Å². The summed E-state index contributed by atoms with van der Waals surface area (Å²) < 4.78 is 10.4. The van der Waals surface area contributed by atoms with E-state index in [2.05, 4.69) is 37.2 Å². The summed E-state index contributed by atoms with van der Waals surface area (Å²) in [6.07, 6.45) is 0. The van der Waals surface area contributed by atoms with Crippen LogP contribution in [0.2, 0.25) is 19.6 Å². The predicted octanol–water partition coefficient (Wildman–Crippen LogP) is 2.81. The quantitative estimate of drug-likeness (QED) is 0.481. The fourth-order valence-electron chi connectivity index (χ4n) is 1.31. The lowest BCUT2D eigenvalue weighted by molar-refractivity contribution is 0.146. The molecule has 0 bridgehead atoms. The summed E-state index contributed by atoms with van der Waals surface area (Å²) in [4.78, 5) is 0. The van der Waals surface area contributed by atoms with E-state index in [1.807, 2.05) is 12.1 Å². The van der Waals surface area contributed by atoms with Crippen molar-refractivity contribution in [3.8, 4) is 23.3 Å². The molecule has 0 heterocycles. The Morgan fingerprint density at radius 3 is 2.47 bits per heavy atom. The fraction of sp³-hybridized carbons (Fsp3) is 0.400. The molecular formula is C15H19NO2Si. The first-order chi connectivity index (χ1) is 8.96. The molecule has 0 aliphatic rings. The highest BCUT2D eigenvalue weighted by Gasteiger charge is 2.08. The van der Waals surface area contributed by atoms with Crippen molar-refractivity contribution in [1.29, 1.82) is 5.26 Å². The Labute approximate surface area is 116 Å². The summed E-state index contributed by atoms with van der Waals surface area (Å²) >= 11 is 0. The minimum Gasteiger partial charge on any atom is -0.491 e. The van der Waals surface area contributed by atoms with Crippen LogP contribution in [0.5, 0.6) is 5.75 Å². The summed E-state index contributed by atoms with van der Waals surface area (Å²) in [6.45, 7) is 7.52. The second-order valence-electron chi connectivity index (χ2n) is 5.16. The molecule has 19 heavy (non-hydrogen) atoms. The van der Waals surface area contributed by atoms with Crippen LogP contribution in [0.15, 0.2) is 18.2 Å². The molecule has 4 heteroatoms. The average Bonchev–Trinajstić information content (AvgIpc) is 2.36. The van der Waals surface area contributed by atoms with Crippen LogP contribution in [0.4, 0.5) is 0 Å². The Hall–Kier alpha value is -1.75. The van der Waals surface area contributed by atoms with Gasteiger partial charge in [-0.15, -0.1) is 5.54 Å². The molecule has 0 aliphatic carbocycles. The van der Waals surface area contributed by atoms with E-state index >= 15 is 0 Å². The van der Waals surface area contributed by atoms with E-state index in [9.17, 15) is 0 Å². The molecule has 1 rings (SSSR count). The topological polar surface area (TPSA) is 42.2 Å². The third kappa shape index (κ3) is 5.61. The zero-order valence-electron chi connectivity index (χ0n) is 11.9. The van der Waals surface area contributed by atoms with Crippen LogP contribution < -0.4 is 4.74 Å². The molecule has 0 N–H and O–H groups in total. The molecule has 100 valence electrons. The lowest BCUT2D eigenvalue weighted by Crippen LogP contribution is -2.16. The van der Waals surface area contributed by atoms with Gasteiger partial charge < -0.3 is 9.47 Å². The second-order valence-corrected chi connectivity index (χ2v) is 9.91. The Bertz CT molecular complexity index is 530. The molecule has 0 aromatic heterocycles. The zero-order valence-corrected chi connectivity index (χ0v) is 12.9. The van der Waals surface area contributed by atoms with Crippen LogP contribution >= 0.6 is 0 Å². The monoisotopic (exact) mass is 273 g/mol. The van der Waals surface area contributed by atoms with Gasteiger partial charge in [0.2, 0.25) is 0 Å². The molecule has 1 aromatic rings. The maximum atomic E-state index is 9.16. The first kappa shape index (κ1) is 15.3. The Kier molecular flexibility index (Phi) is 5.63. The largest absolute Gasteiger partial charge is 0.491 e. The van der Waals surface area contributed by atoms with Crippen LogP contribution in [0, 0.1) is 22.8 Å². The highest BCUT2D eigenvalue weighted by molar-refractivity contribution is 6.83. The van der Waals surface area contributed by atoms with Crippen LogP contribution in [0.3, 0.4) is 0 Å². The molecule has 0 spiro atoms. The van der Waals surface area contributed by atoms with Gasteiger partial charge in [0.05, 0.1) is 12.2 Å². The van der Waals surface area contributed by atoms with E-state index in [1.54, 1.807) is 13.2 Å². The normalized spacial score (nSPS) is 10.3. The summed E-state index contributed by atoms with van der Waals surface area (Å²) in [6, 6.07) is 7.57. The number of nitrogens with zero attached hydrogens (tertiary/aromatic N) is 1. The van der Waals surface area contributed by atoms with E-state index in [-0.39, 0.29) is 0 Å². The Balaban J connectivity index is 2.91. The lowest BCUT2D eigenvalue weighted by atomic mass is 10.1. The lowest BCUT2D eigenvalue weighted by Gasteiger charge is -2.07. The van der Waals surface area contributed by atoms with E-state index in [0.29, 0.717) is 24.5 Å².